The van der Waals surface area contributed by atoms with Crippen molar-refractivity contribution in [1.82, 2.24) is 20.1 Å². The molecule has 0 radical (unpaired) electrons. The molecule has 1 unspecified atom stereocenters. The average Bonchev–Trinajstić information content (AvgIpc) is 3.39. The van der Waals surface area contributed by atoms with Crippen molar-refractivity contribution in [2.75, 3.05) is 30.4 Å². The van der Waals surface area contributed by atoms with Crippen molar-refractivity contribution in [2.24, 2.45) is 7.05 Å². The molecule has 3 heterocycles. The molecule has 11 heteroatoms. The molecule has 2 aromatic carbocycles. The van der Waals surface area contributed by atoms with E-state index in [0.29, 0.717) is 33.7 Å². The first-order valence-corrected chi connectivity index (χ1v) is 11.8. The lowest BCUT2D eigenvalue weighted by molar-refractivity contribution is 0.209. The fourth-order valence-electron chi connectivity index (χ4n) is 4.65. The first-order chi connectivity index (χ1) is 16.2. The number of hydrogen-bond donors (Lipinski definition) is 4. The maximum Gasteiger partial charge on any atom is 0.274 e. The van der Waals surface area contributed by atoms with Crippen molar-refractivity contribution in [3.63, 3.8) is 0 Å². The summed E-state index contributed by atoms with van der Waals surface area (Å²) >= 11 is 1.41. The normalized spacial score (nSPS) is 19.6. The van der Waals surface area contributed by atoms with Crippen LogP contribution in [0.25, 0.3) is 21.1 Å². The molecule has 180 valence electrons. The van der Waals surface area contributed by atoms with Gasteiger partial charge in [-0.2, -0.15) is 5.10 Å². The third kappa shape index (κ3) is 3.89. The van der Waals surface area contributed by atoms with E-state index < -0.39 is 17.8 Å². The molecule has 0 aliphatic carbocycles. The van der Waals surface area contributed by atoms with Gasteiger partial charge in [-0.05, 0) is 26.0 Å². The second-order valence-electron chi connectivity index (χ2n) is 8.78. The van der Waals surface area contributed by atoms with Crippen molar-refractivity contribution in [3.8, 4) is 10.9 Å². The van der Waals surface area contributed by atoms with Gasteiger partial charge in [-0.25, -0.2) is 9.37 Å². The molecule has 5 rings (SSSR count). The van der Waals surface area contributed by atoms with E-state index in [-0.39, 0.29) is 11.2 Å². The van der Waals surface area contributed by atoms with Crippen LogP contribution in [0.3, 0.4) is 0 Å². The lowest BCUT2D eigenvalue weighted by Gasteiger charge is -2.38. The molecule has 1 aliphatic heterocycles. The Hall–Kier alpha value is -3.15. The van der Waals surface area contributed by atoms with Crippen LogP contribution >= 0.6 is 11.3 Å². The van der Waals surface area contributed by atoms with Crippen LogP contribution in [0.4, 0.5) is 15.8 Å². The molecule has 1 saturated heterocycles. The van der Waals surface area contributed by atoms with Gasteiger partial charge in [-0.3, -0.25) is 4.68 Å². The highest BCUT2D eigenvalue weighted by Crippen LogP contribution is 2.41. The number of benzene rings is 2. The van der Waals surface area contributed by atoms with Gasteiger partial charge in [0.15, 0.2) is 17.8 Å². The molecule has 4 N–H and O–H groups in total. The number of aromatic hydroxyl groups is 1. The summed E-state index contributed by atoms with van der Waals surface area (Å²) in [6.45, 7) is 6.00. The van der Waals surface area contributed by atoms with Crippen LogP contribution in [0.2, 0.25) is 0 Å². The van der Waals surface area contributed by atoms with E-state index in [1.165, 1.54) is 16.0 Å². The van der Waals surface area contributed by atoms with Crippen molar-refractivity contribution in [3.05, 3.63) is 35.8 Å². The van der Waals surface area contributed by atoms with E-state index in [0.717, 1.165) is 23.5 Å². The molecule has 0 bridgehead atoms. The molecule has 1 fully saturated rings. The topological polar surface area (TPSA) is 108 Å². The van der Waals surface area contributed by atoms with E-state index in [1.54, 1.807) is 26.4 Å². The predicted molar refractivity (Wildman–Crippen MR) is 131 cm³/mol. The Kier molecular flexibility index (Phi) is 5.70. The molecule has 34 heavy (non-hydrogen) atoms. The van der Waals surface area contributed by atoms with Gasteiger partial charge in [0.25, 0.3) is 5.19 Å². The van der Waals surface area contributed by atoms with Crippen LogP contribution in [0, 0.1) is 5.82 Å². The highest BCUT2D eigenvalue weighted by Gasteiger charge is 2.26. The van der Waals surface area contributed by atoms with Crippen LogP contribution in [0.15, 0.2) is 24.4 Å². The monoisotopic (exact) mass is 486 g/mol. The second kappa shape index (κ2) is 8.57. The number of rotatable bonds is 5. The van der Waals surface area contributed by atoms with Gasteiger partial charge in [0.1, 0.15) is 5.52 Å². The van der Waals surface area contributed by atoms with Gasteiger partial charge in [0, 0.05) is 49.4 Å². The molecule has 2 aromatic heterocycles. The standard InChI is InChI=1S/C23H27FN6O3S/c1-11-8-30(9-12(2)25-11)16-6-5-14(19-21(16)34-23(27-19)33-4)22(32)26-15-7-13-10-29(3)28-18(13)17(24)20(15)31/h5-7,10-12,22,25-26,31-32H,8-9H2,1-4H3/t11-,12-,22?/m0/s1. The number of ether oxygens (including phenoxy) is 1. The predicted octanol–water partition coefficient (Wildman–Crippen LogP) is 3.33. The zero-order chi connectivity index (χ0) is 24.1. The number of methoxy groups -OCH3 is 1. The summed E-state index contributed by atoms with van der Waals surface area (Å²) in [6.07, 6.45) is 0.395. The first-order valence-electron chi connectivity index (χ1n) is 11.0. The first kappa shape index (κ1) is 22.6. The van der Waals surface area contributed by atoms with Gasteiger partial charge in [-0.1, -0.05) is 17.4 Å². The summed E-state index contributed by atoms with van der Waals surface area (Å²) in [5.74, 6) is -1.44. The Morgan fingerprint density at radius 3 is 2.71 bits per heavy atom. The van der Waals surface area contributed by atoms with E-state index in [9.17, 15) is 14.6 Å². The van der Waals surface area contributed by atoms with Crippen LogP contribution in [-0.2, 0) is 7.05 Å². The summed E-state index contributed by atoms with van der Waals surface area (Å²) < 4.78 is 22.4. The van der Waals surface area contributed by atoms with Crippen LogP contribution < -0.4 is 20.3 Å². The van der Waals surface area contributed by atoms with Crippen molar-refractivity contribution < 1.29 is 19.3 Å². The number of aliphatic hydroxyl groups is 1. The molecule has 1 aliphatic rings. The number of aromatic nitrogens is 3. The number of nitrogens with one attached hydrogen (secondary N) is 2. The number of hydrogen-bond acceptors (Lipinski definition) is 9. The quantitative estimate of drug-likeness (QED) is 0.251. The molecule has 0 saturated carbocycles. The van der Waals surface area contributed by atoms with Gasteiger partial charge in [0.05, 0.1) is 28.7 Å². The lowest BCUT2D eigenvalue weighted by atomic mass is 10.1. The number of aryl methyl sites for hydroxylation is 1. The Labute approximate surface area is 199 Å². The van der Waals surface area contributed by atoms with Crippen LogP contribution in [-0.4, -0.2) is 57.3 Å². The number of fused-ring (bicyclic) bond motifs is 2. The number of halogens is 1. The number of anilines is 2. The fourth-order valence-corrected chi connectivity index (χ4v) is 5.60. The van der Waals surface area contributed by atoms with Gasteiger partial charge >= 0.3 is 0 Å². The summed E-state index contributed by atoms with van der Waals surface area (Å²) in [5, 5.41) is 32.8. The Morgan fingerprint density at radius 1 is 1.26 bits per heavy atom. The van der Waals surface area contributed by atoms with Crippen molar-refractivity contribution in [1.29, 1.82) is 0 Å². The molecule has 3 atom stereocenters. The molecule has 0 spiro atoms. The lowest BCUT2D eigenvalue weighted by Crippen LogP contribution is -2.54. The molecule has 4 aromatic rings. The van der Waals surface area contributed by atoms with Crippen LogP contribution in [0.1, 0.15) is 25.6 Å². The second-order valence-corrected chi connectivity index (χ2v) is 9.75. The number of piperazine rings is 1. The zero-order valence-corrected chi connectivity index (χ0v) is 20.1. The highest BCUT2D eigenvalue weighted by atomic mass is 32.1. The van der Waals surface area contributed by atoms with E-state index in [2.05, 4.69) is 39.5 Å². The number of phenols is 1. The number of nitrogens with zero attached hydrogens (tertiary/aromatic N) is 4. The minimum Gasteiger partial charge on any atom is -0.503 e. The SMILES string of the molecule is COc1nc2c(C(O)Nc3cc4cn(C)nc4c(F)c3O)ccc(N3C[C@H](C)N[C@@H](C)C3)c2s1. The molecule has 0 amide bonds. The molecular weight excluding hydrogens is 459 g/mol. The molecular formula is C23H27FN6O3S. The summed E-state index contributed by atoms with van der Waals surface area (Å²) in [7, 11) is 3.23. The maximum atomic E-state index is 14.7. The van der Waals surface area contributed by atoms with Crippen molar-refractivity contribution in [2.45, 2.75) is 32.2 Å². The van der Waals surface area contributed by atoms with Gasteiger partial charge in [-0.15, -0.1) is 0 Å². The van der Waals surface area contributed by atoms with Crippen molar-refractivity contribution >= 4 is 43.8 Å². The van der Waals surface area contributed by atoms with E-state index in [1.807, 2.05) is 12.1 Å². The Bertz CT molecular complexity index is 1360. The number of phenolic OH excluding ortho intramolecular Hbond substituents is 1. The average molecular weight is 487 g/mol. The minimum atomic E-state index is -1.25. The Morgan fingerprint density at radius 2 is 2.00 bits per heavy atom. The maximum absolute atomic E-state index is 14.7. The largest absolute Gasteiger partial charge is 0.503 e. The number of thiazole rings is 1. The zero-order valence-electron chi connectivity index (χ0n) is 19.3. The minimum absolute atomic E-state index is 0.0645. The van der Waals surface area contributed by atoms with Crippen LogP contribution in [0.5, 0.6) is 10.9 Å². The van der Waals surface area contributed by atoms with Gasteiger partial charge in [0.2, 0.25) is 0 Å². The smallest absolute Gasteiger partial charge is 0.274 e. The summed E-state index contributed by atoms with van der Waals surface area (Å²) in [5.41, 5.74) is 2.25. The molecule has 9 nitrogen and oxygen atoms in total. The highest BCUT2D eigenvalue weighted by molar-refractivity contribution is 7.20. The van der Waals surface area contributed by atoms with E-state index >= 15 is 0 Å². The van der Waals surface area contributed by atoms with Gasteiger partial charge < -0.3 is 30.5 Å². The summed E-state index contributed by atoms with van der Waals surface area (Å²) in [6, 6.07) is 6.00. The summed E-state index contributed by atoms with van der Waals surface area (Å²) in [4.78, 5) is 6.90. The van der Waals surface area contributed by atoms with E-state index in [4.69, 9.17) is 4.74 Å². The third-order valence-corrected chi connectivity index (χ3v) is 7.06. The number of aliphatic hydroxyl groups excluding tert-OH is 1. The fraction of sp³-hybridized carbons (Fsp3) is 0.391. The Balaban J connectivity index is 1.53. The third-order valence-electron chi connectivity index (χ3n) is 6.02.